The van der Waals surface area contributed by atoms with Gasteiger partial charge in [-0.15, -0.1) is 0 Å². The van der Waals surface area contributed by atoms with E-state index in [4.69, 9.17) is 4.74 Å². The van der Waals surface area contributed by atoms with E-state index in [1.165, 1.54) is 12.8 Å². The molecule has 0 aliphatic carbocycles. The van der Waals surface area contributed by atoms with Crippen molar-refractivity contribution in [2.24, 2.45) is 0 Å². The van der Waals surface area contributed by atoms with Crippen molar-refractivity contribution in [1.82, 2.24) is 10.2 Å². The second kappa shape index (κ2) is 7.73. The molecule has 1 fully saturated rings. The SMILES string of the molecule is CCNC(C)(C#N)CCN1CCCC(OCC)C1. The Kier molecular flexibility index (Phi) is 6.62. The monoisotopic (exact) mass is 253 g/mol. The molecule has 0 radical (unpaired) electrons. The predicted molar refractivity (Wildman–Crippen MR) is 73.4 cm³/mol. The van der Waals surface area contributed by atoms with Gasteiger partial charge in [-0.25, -0.2) is 0 Å². The van der Waals surface area contributed by atoms with Gasteiger partial charge in [0.2, 0.25) is 0 Å². The van der Waals surface area contributed by atoms with Crippen LogP contribution < -0.4 is 5.32 Å². The number of nitrogens with one attached hydrogen (secondary N) is 1. The van der Waals surface area contributed by atoms with Crippen molar-refractivity contribution in [3.8, 4) is 6.07 Å². The molecule has 0 aromatic carbocycles. The van der Waals surface area contributed by atoms with Crippen LogP contribution in [-0.2, 0) is 4.74 Å². The van der Waals surface area contributed by atoms with Gasteiger partial charge in [0.05, 0.1) is 12.2 Å². The molecule has 1 rings (SSSR count). The van der Waals surface area contributed by atoms with E-state index < -0.39 is 5.54 Å². The van der Waals surface area contributed by atoms with Crippen LogP contribution in [0.4, 0.5) is 0 Å². The normalized spacial score (nSPS) is 24.4. The summed E-state index contributed by atoms with van der Waals surface area (Å²) in [4.78, 5) is 2.43. The minimum Gasteiger partial charge on any atom is -0.377 e. The van der Waals surface area contributed by atoms with Gasteiger partial charge >= 0.3 is 0 Å². The van der Waals surface area contributed by atoms with Gasteiger partial charge in [-0.1, -0.05) is 6.92 Å². The lowest BCUT2D eigenvalue weighted by Gasteiger charge is -2.34. The highest BCUT2D eigenvalue weighted by Gasteiger charge is 2.25. The van der Waals surface area contributed by atoms with Gasteiger partial charge in [0.1, 0.15) is 5.54 Å². The maximum absolute atomic E-state index is 9.23. The molecule has 1 N–H and O–H groups in total. The van der Waals surface area contributed by atoms with E-state index in [9.17, 15) is 5.26 Å². The number of piperidine rings is 1. The van der Waals surface area contributed by atoms with E-state index in [2.05, 4.69) is 23.2 Å². The standard InChI is InChI=1S/C14H27N3O/c1-4-16-14(3,12-15)8-10-17-9-6-7-13(11-17)18-5-2/h13,16H,4-11H2,1-3H3. The fourth-order valence-corrected chi connectivity index (χ4v) is 2.54. The fraction of sp³-hybridized carbons (Fsp3) is 0.929. The fourth-order valence-electron chi connectivity index (χ4n) is 2.54. The molecule has 0 bridgehead atoms. The molecule has 104 valence electrons. The molecule has 0 aromatic rings. The van der Waals surface area contributed by atoms with Gasteiger partial charge < -0.3 is 9.64 Å². The van der Waals surface area contributed by atoms with Crippen LogP contribution in [0.3, 0.4) is 0 Å². The van der Waals surface area contributed by atoms with Gasteiger partial charge in [0, 0.05) is 19.7 Å². The summed E-state index contributed by atoms with van der Waals surface area (Å²) in [5.41, 5.74) is -0.396. The van der Waals surface area contributed by atoms with Gasteiger partial charge in [0.15, 0.2) is 0 Å². The second-order valence-electron chi connectivity index (χ2n) is 5.24. The maximum Gasteiger partial charge on any atom is 0.105 e. The quantitative estimate of drug-likeness (QED) is 0.751. The Bertz CT molecular complexity index is 275. The highest BCUT2D eigenvalue weighted by Crippen LogP contribution is 2.16. The first-order chi connectivity index (χ1) is 8.63. The van der Waals surface area contributed by atoms with Crippen LogP contribution in [0.2, 0.25) is 0 Å². The summed E-state index contributed by atoms with van der Waals surface area (Å²) >= 11 is 0. The Hall–Kier alpha value is -0.630. The summed E-state index contributed by atoms with van der Waals surface area (Å²) in [6.45, 7) is 10.8. The summed E-state index contributed by atoms with van der Waals surface area (Å²) in [7, 11) is 0. The van der Waals surface area contributed by atoms with Crippen molar-refractivity contribution in [2.75, 3.05) is 32.8 Å². The van der Waals surface area contributed by atoms with E-state index in [-0.39, 0.29) is 0 Å². The molecule has 4 nitrogen and oxygen atoms in total. The van der Waals surface area contributed by atoms with Gasteiger partial charge in [0.25, 0.3) is 0 Å². The Balaban J connectivity index is 2.36. The first-order valence-corrected chi connectivity index (χ1v) is 7.13. The van der Waals surface area contributed by atoms with E-state index in [1.54, 1.807) is 0 Å². The molecule has 4 heteroatoms. The third-order valence-electron chi connectivity index (χ3n) is 3.61. The molecule has 1 heterocycles. The number of rotatable bonds is 7. The van der Waals surface area contributed by atoms with Crippen LogP contribution in [0.1, 0.15) is 40.0 Å². The van der Waals surface area contributed by atoms with Gasteiger partial charge in [-0.2, -0.15) is 5.26 Å². The van der Waals surface area contributed by atoms with Crippen molar-refractivity contribution < 1.29 is 4.74 Å². The van der Waals surface area contributed by atoms with Gasteiger partial charge in [-0.05, 0) is 46.2 Å². The molecule has 1 saturated heterocycles. The molecule has 0 saturated carbocycles. The summed E-state index contributed by atoms with van der Waals surface area (Å²) in [6.07, 6.45) is 3.63. The Morgan fingerprint density at radius 3 is 2.89 bits per heavy atom. The molecular weight excluding hydrogens is 226 g/mol. The average molecular weight is 253 g/mol. The second-order valence-corrected chi connectivity index (χ2v) is 5.24. The minimum atomic E-state index is -0.396. The van der Waals surface area contributed by atoms with Crippen LogP contribution >= 0.6 is 0 Å². The number of hydrogen-bond donors (Lipinski definition) is 1. The molecule has 0 amide bonds. The molecule has 0 aromatic heterocycles. The van der Waals surface area contributed by atoms with Crippen molar-refractivity contribution in [3.63, 3.8) is 0 Å². The van der Waals surface area contributed by atoms with Crippen LogP contribution in [0.25, 0.3) is 0 Å². The highest BCUT2D eigenvalue weighted by molar-refractivity contribution is 5.03. The van der Waals surface area contributed by atoms with Gasteiger partial charge in [-0.3, -0.25) is 5.32 Å². The van der Waals surface area contributed by atoms with Crippen LogP contribution in [-0.4, -0.2) is 49.3 Å². The largest absolute Gasteiger partial charge is 0.377 e. The molecule has 18 heavy (non-hydrogen) atoms. The molecule has 2 unspecified atom stereocenters. The summed E-state index contributed by atoms with van der Waals surface area (Å²) in [5, 5.41) is 12.5. The maximum atomic E-state index is 9.23. The third kappa shape index (κ3) is 4.93. The number of nitrogens with zero attached hydrogens (tertiary/aromatic N) is 2. The third-order valence-corrected chi connectivity index (χ3v) is 3.61. The van der Waals surface area contributed by atoms with Crippen LogP contribution in [0.15, 0.2) is 0 Å². The van der Waals surface area contributed by atoms with Crippen molar-refractivity contribution in [3.05, 3.63) is 0 Å². The lowest BCUT2D eigenvalue weighted by Crippen LogP contribution is -2.46. The first kappa shape index (κ1) is 15.4. The zero-order valence-corrected chi connectivity index (χ0v) is 12.0. The smallest absolute Gasteiger partial charge is 0.105 e. The van der Waals surface area contributed by atoms with Crippen molar-refractivity contribution in [1.29, 1.82) is 5.26 Å². The molecule has 1 aliphatic rings. The Morgan fingerprint density at radius 1 is 1.50 bits per heavy atom. The van der Waals surface area contributed by atoms with Crippen LogP contribution in [0, 0.1) is 11.3 Å². The topological polar surface area (TPSA) is 48.3 Å². The highest BCUT2D eigenvalue weighted by atomic mass is 16.5. The number of ether oxygens (including phenoxy) is 1. The van der Waals surface area contributed by atoms with E-state index in [1.807, 2.05) is 13.8 Å². The zero-order chi connectivity index (χ0) is 13.4. The van der Waals surface area contributed by atoms with E-state index in [0.717, 1.165) is 39.2 Å². The number of likely N-dealkylation sites (tertiary alicyclic amines) is 1. The molecular formula is C14H27N3O. The van der Waals surface area contributed by atoms with Crippen molar-refractivity contribution >= 4 is 0 Å². The van der Waals surface area contributed by atoms with Crippen molar-refractivity contribution in [2.45, 2.75) is 51.7 Å². The predicted octanol–water partition coefficient (Wildman–Crippen LogP) is 1.77. The van der Waals surface area contributed by atoms with E-state index >= 15 is 0 Å². The lowest BCUT2D eigenvalue weighted by molar-refractivity contribution is 0.00455. The molecule has 0 spiro atoms. The Labute approximate surface area is 111 Å². The first-order valence-electron chi connectivity index (χ1n) is 7.13. The summed E-state index contributed by atoms with van der Waals surface area (Å²) < 4.78 is 5.70. The average Bonchev–Trinajstić information content (AvgIpc) is 2.38. The van der Waals surface area contributed by atoms with Crippen LogP contribution in [0.5, 0.6) is 0 Å². The summed E-state index contributed by atoms with van der Waals surface area (Å²) in [6, 6.07) is 2.39. The molecule has 1 aliphatic heterocycles. The van der Waals surface area contributed by atoms with E-state index in [0.29, 0.717) is 6.10 Å². The number of hydrogen-bond acceptors (Lipinski definition) is 4. The zero-order valence-electron chi connectivity index (χ0n) is 12.0. The minimum absolute atomic E-state index is 0.385. The Morgan fingerprint density at radius 2 is 2.28 bits per heavy atom. The lowest BCUT2D eigenvalue weighted by atomic mass is 9.98. The molecule has 2 atom stereocenters. The summed E-state index contributed by atoms with van der Waals surface area (Å²) in [5.74, 6) is 0. The number of nitriles is 1.